The maximum absolute atomic E-state index is 11.1. The van der Waals surface area contributed by atoms with Crippen LogP contribution in [0.15, 0.2) is 18.3 Å². The molecule has 0 radical (unpaired) electrons. The van der Waals surface area contributed by atoms with Gasteiger partial charge in [0, 0.05) is 31.2 Å². The highest BCUT2D eigenvalue weighted by molar-refractivity contribution is 5.80. The molecule has 0 atom stereocenters. The van der Waals surface area contributed by atoms with Gasteiger partial charge in [0.25, 0.3) is 5.69 Å². The van der Waals surface area contributed by atoms with E-state index in [1.165, 1.54) is 18.3 Å². The summed E-state index contributed by atoms with van der Waals surface area (Å²) in [4.78, 5) is 24.8. The Labute approximate surface area is 80.9 Å². The molecule has 0 saturated carbocycles. The molecule has 0 N–H and O–H groups in total. The zero-order chi connectivity index (χ0) is 10.6. The summed E-state index contributed by atoms with van der Waals surface area (Å²) in [5.41, 5.74) is 0.421. The lowest BCUT2D eigenvalue weighted by atomic mass is 10.1. The van der Waals surface area contributed by atoms with E-state index in [0.29, 0.717) is 12.1 Å². The number of hydrogen-bond acceptors (Lipinski definition) is 4. The topological polar surface area (TPSA) is 73.1 Å². The van der Waals surface area contributed by atoms with Crippen molar-refractivity contribution in [2.45, 2.75) is 19.8 Å². The van der Waals surface area contributed by atoms with Gasteiger partial charge in [-0.15, -0.1) is 0 Å². The molecule has 0 spiro atoms. The molecular formula is C9H10N2O3. The van der Waals surface area contributed by atoms with Crippen molar-refractivity contribution in [3.8, 4) is 0 Å². The van der Waals surface area contributed by atoms with Gasteiger partial charge in [-0.2, -0.15) is 0 Å². The lowest BCUT2D eigenvalue weighted by molar-refractivity contribution is -0.385. The van der Waals surface area contributed by atoms with Crippen LogP contribution in [0.3, 0.4) is 0 Å². The third-order valence-electron chi connectivity index (χ3n) is 1.78. The van der Waals surface area contributed by atoms with Gasteiger partial charge >= 0.3 is 0 Å². The van der Waals surface area contributed by atoms with E-state index < -0.39 is 4.92 Å². The number of nitro groups is 1. The van der Waals surface area contributed by atoms with Gasteiger partial charge < -0.3 is 0 Å². The predicted octanol–water partition coefficient (Wildman–Crippen LogP) is 1.51. The molecule has 5 heteroatoms. The average Bonchev–Trinajstić information content (AvgIpc) is 2.18. The van der Waals surface area contributed by atoms with Crippen molar-refractivity contribution in [3.63, 3.8) is 0 Å². The minimum atomic E-state index is -0.498. The Hall–Kier alpha value is -1.78. The van der Waals surface area contributed by atoms with Crippen molar-refractivity contribution in [1.29, 1.82) is 0 Å². The average molecular weight is 194 g/mol. The van der Waals surface area contributed by atoms with Gasteiger partial charge in [0.2, 0.25) is 0 Å². The van der Waals surface area contributed by atoms with E-state index in [1.54, 1.807) is 6.92 Å². The van der Waals surface area contributed by atoms with Gasteiger partial charge in [0.05, 0.1) is 10.6 Å². The maximum Gasteiger partial charge on any atom is 0.272 e. The maximum atomic E-state index is 11.1. The molecule has 0 aliphatic heterocycles. The van der Waals surface area contributed by atoms with Crippen LogP contribution in [0.1, 0.15) is 19.0 Å². The summed E-state index contributed by atoms with van der Waals surface area (Å²) in [7, 11) is 0. The molecular weight excluding hydrogens is 184 g/mol. The first-order chi connectivity index (χ1) is 6.63. The Kier molecular flexibility index (Phi) is 3.28. The number of Topliss-reactive ketones (excluding diaryl/α,β-unsaturated/α-hetero) is 1. The van der Waals surface area contributed by atoms with Crippen molar-refractivity contribution in [1.82, 2.24) is 4.98 Å². The van der Waals surface area contributed by atoms with Gasteiger partial charge in [0.1, 0.15) is 5.78 Å². The molecule has 14 heavy (non-hydrogen) atoms. The van der Waals surface area contributed by atoms with Crippen molar-refractivity contribution in [2.24, 2.45) is 0 Å². The van der Waals surface area contributed by atoms with Crippen molar-refractivity contribution >= 4 is 11.5 Å². The minimum Gasteiger partial charge on any atom is -0.299 e. The van der Waals surface area contributed by atoms with E-state index in [2.05, 4.69) is 4.98 Å². The predicted molar refractivity (Wildman–Crippen MR) is 49.9 cm³/mol. The molecule has 1 rings (SSSR count). The second kappa shape index (κ2) is 4.45. The van der Waals surface area contributed by atoms with Crippen molar-refractivity contribution in [3.05, 3.63) is 34.1 Å². The fourth-order valence-corrected chi connectivity index (χ4v) is 1.00. The number of nitrogens with zero attached hydrogens (tertiary/aromatic N) is 2. The molecule has 0 unspecified atom stereocenters. The van der Waals surface area contributed by atoms with Crippen LogP contribution >= 0.6 is 0 Å². The molecule has 0 amide bonds. The van der Waals surface area contributed by atoms with Crippen LogP contribution in [0.4, 0.5) is 5.69 Å². The highest BCUT2D eigenvalue weighted by Crippen LogP contribution is 2.11. The summed E-state index contributed by atoms with van der Waals surface area (Å²) in [6.45, 7) is 1.75. The molecule has 0 fully saturated rings. The fourth-order valence-electron chi connectivity index (χ4n) is 1.00. The Balaban J connectivity index is 2.83. The highest BCUT2D eigenvalue weighted by Gasteiger charge is 2.08. The third-order valence-corrected chi connectivity index (χ3v) is 1.78. The lowest BCUT2D eigenvalue weighted by Gasteiger charge is -1.97. The van der Waals surface area contributed by atoms with Crippen LogP contribution in [0.2, 0.25) is 0 Å². The third kappa shape index (κ3) is 2.62. The van der Waals surface area contributed by atoms with Gasteiger partial charge in [-0.25, -0.2) is 0 Å². The summed E-state index contributed by atoms with van der Waals surface area (Å²) in [5.74, 6) is 0.0259. The smallest absolute Gasteiger partial charge is 0.272 e. The van der Waals surface area contributed by atoms with E-state index in [-0.39, 0.29) is 17.9 Å². The van der Waals surface area contributed by atoms with E-state index in [4.69, 9.17) is 0 Å². The van der Waals surface area contributed by atoms with Crippen LogP contribution < -0.4 is 0 Å². The van der Waals surface area contributed by atoms with E-state index in [9.17, 15) is 14.9 Å². The Morgan fingerprint density at radius 2 is 2.36 bits per heavy atom. The first kappa shape index (κ1) is 10.3. The SMILES string of the molecule is CCC(=O)Cc1cc([N+](=O)[O-])ccn1. The zero-order valence-corrected chi connectivity index (χ0v) is 7.77. The first-order valence-corrected chi connectivity index (χ1v) is 4.24. The highest BCUT2D eigenvalue weighted by atomic mass is 16.6. The van der Waals surface area contributed by atoms with Crippen LogP contribution in [-0.4, -0.2) is 15.7 Å². The number of pyridine rings is 1. The molecule has 74 valence electrons. The molecule has 0 bridgehead atoms. The molecule has 0 aromatic carbocycles. The summed E-state index contributed by atoms with van der Waals surface area (Å²) < 4.78 is 0. The molecule has 0 aliphatic carbocycles. The molecule has 1 aromatic heterocycles. The Morgan fingerprint density at radius 3 is 2.93 bits per heavy atom. The van der Waals surface area contributed by atoms with Crippen LogP contribution in [0, 0.1) is 10.1 Å². The first-order valence-electron chi connectivity index (χ1n) is 4.24. The second-order valence-corrected chi connectivity index (χ2v) is 2.83. The number of ketones is 1. The molecule has 0 aliphatic rings. The van der Waals surface area contributed by atoms with Gasteiger partial charge in [-0.3, -0.25) is 19.9 Å². The Morgan fingerprint density at radius 1 is 1.64 bits per heavy atom. The normalized spacial score (nSPS) is 9.79. The van der Waals surface area contributed by atoms with E-state index in [0.717, 1.165) is 0 Å². The summed E-state index contributed by atoms with van der Waals surface area (Å²) in [5, 5.41) is 10.4. The monoisotopic (exact) mass is 194 g/mol. The van der Waals surface area contributed by atoms with E-state index in [1.807, 2.05) is 0 Å². The summed E-state index contributed by atoms with van der Waals surface area (Å²) >= 11 is 0. The molecule has 1 heterocycles. The fraction of sp³-hybridized carbons (Fsp3) is 0.333. The quantitative estimate of drug-likeness (QED) is 0.538. The Bertz CT molecular complexity index is 363. The largest absolute Gasteiger partial charge is 0.299 e. The van der Waals surface area contributed by atoms with Gasteiger partial charge in [-0.1, -0.05) is 6.92 Å². The summed E-state index contributed by atoms with van der Waals surface area (Å²) in [6, 6.07) is 2.63. The molecule has 5 nitrogen and oxygen atoms in total. The van der Waals surface area contributed by atoms with Crippen LogP contribution in [0.25, 0.3) is 0 Å². The van der Waals surface area contributed by atoms with Crippen molar-refractivity contribution < 1.29 is 9.72 Å². The van der Waals surface area contributed by atoms with Gasteiger partial charge in [-0.05, 0) is 0 Å². The van der Waals surface area contributed by atoms with Gasteiger partial charge in [0.15, 0.2) is 0 Å². The minimum absolute atomic E-state index is 0.0259. The molecule has 1 aromatic rings. The van der Waals surface area contributed by atoms with Crippen LogP contribution in [-0.2, 0) is 11.2 Å². The standard InChI is InChI=1S/C9H10N2O3/c1-2-9(12)6-7-5-8(11(13)14)3-4-10-7/h3-5H,2,6H2,1H3. The second-order valence-electron chi connectivity index (χ2n) is 2.83. The lowest BCUT2D eigenvalue weighted by Crippen LogP contribution is -2.02. The van der Waals surface area contributed by atoms with Crippen LogP contribution in [0.5, 0.6) is 0 Å². The summed E-state index contributed by atoms with van der Waals surface area (Å²) in [6.07, 6.45) is 1.93. The van der Waals surface area contributed by atoms with Crippen molar-refractivity contribution in [2.75, 3.05) is 0 Å². The zero-order valence-electron chi connectivity index (χ0n) is 7.77. The number of carbonyl (C=O) groups excluding carboxylic acids is 1. The molecule has 0 saturated heterocycles. The number of carbonyl (C=O) groups is 1. The number of aromatic nitrogens is 1. The van der Waals surface area contributed by atoms with E-state index >= 15 is 0 Å². The number of rotatable bonds is 4. The number of hydrogen-bond donors (Lipinski definition) is 0.